The fraction of sp³-hybridized carbons (Fsp3) is 0.364. The first-order valence-corrected chi connectivity index (χ1v) is 5.00. The Labute approximate surface area is 88.9 Å². The molecule has 2 aromatic heterocycles. The summed E-state index contributed by atoms with van der Waals surface area (Å²) in [5.41, 5.74) is 1.21. The average molecular weight is 205 g/mol. The van der Waals surface area contributed by atoms with E-state index in [0.717, 1.165) is 18.1 Å². The molecular formula is C11H15N3O. The van der Waals surface area contributed by atoms with Crippen LogP contribution in [0.15, 0.2) is 28.9 Å². The van der Waals surface area contributed by atoms with Crippen molar-refractivity contribution in [3.63, 3.8) is 0 Å². The Morgan fingerprint density at radius 3 is 3.07 bits per heavy atom. The summed E-state index contributed by atoms with van der Waals surface area (Å²) < 4.78 is 7.49. The first kappa shape index (κ1) is 9.98. The van der Waals surface area contributed by atoms with Crippen LogP contribution < -0.4 is 5.32 Å². The number of nitrogens with zero attached hydrogens (tertiary/aromatic N) is 2. The summed E-state index contributed by atoms with van der Waals surface area (Å²) in [5.74, 6) is 1.92. The highest BCUT2D eigenvalue weighted by Crippen LogP contribution is 2.15. The zero-order valence-electron chi connectivity index (χ0n) is 9.03. The molecule has 0 aliphatic heterocycles. The van der Waals surface area contributed by atoms with Crippen LogP contribution >= 0.6 is 0 Å². The molecule has 2 aromatic rings. The van der Waals surface area contributed by atoms with Gasteiger partial charge in [0.05, 0.1) is 6.54 Å². The fourth-order valence-corrected chi connectivity index (χ4v) is 1.59. The van der Waals surface area contributed by atoms with Crippen LogP contribution in [0.4, 0.5) is 0 Å². The van der Waals surface area contributed by atoms with Gasteiger partial charge in [0.25, 0.3) is 0 Å². The van der Waals surface area contributed by atoms with Gasteiger partial charge in [0.15, 0.2) is 0 Å². The number of rotatable bonds is 4. The van der Waals surface area contributed by atoms with Crippen LogP contribution in [0.2, 0.25) is 0 Å². The van der Waals surface area contributed by atoms with Crippen molar-refractivity contribution in [2.75, 3.05) is 7.05 Å². The van der Waals surface area contributed by atoms with Crippen LogP contribution in [0.1, 0.15) is 17.1 Å². The number of hydrogen-bond acceptors (Lipinski definition) is 3. The molecule has 0 amide bonds. The lowest BCUT2D eigenvalue weighted by molar-refractivity contribution is 0.456. The van der Waals surface area contributed by atoms with E-state index >= 15 is 0 Å². The van der Waals surface area contributed by atoms with Crippen LogP contribution in [0.3, 0.4) is 0 Å². The van der Waals surface area contributed by atoms with Gasteiger partial charge in [0.2, 0.25) is 0 Å². The van der Waals surface area contributed by atoms with Gasteiger partial charge in [-0.15, -0.1) is 0 Å². The van der Waals surface area contributed by atoms with Crippen molar-refractivity contribution in [1.29, 1.82) is 0 Å². The minimum Gasteiger partial charge on any atom is -0.464 e. The standard InChI is InChI=1S/C11H15N3O/c1-9-10(7-12-2)6-11(15-9)8-14-5-3-4-13-14/h3-6,12H,7-8H2,1-2H3. The molecule has 0 unspecified atom stereocenters. The van der Waals surface area contributed by atoms with Crippen molar-refractivity contribution in [2.24, 2.45) is 0 Å². The fourth-order valence-electron chi connectivity index (χ4n) is 1.59. The van der Waals surface area contributed by atoms with Gasteiger partial charge < -0.3 is 9.73 Å². The normalized spacial score (nSPS) is 10.8. The zero-order chi connectivity index (χ0) is 10.7. The van der Waals surface area contributed by atoms with Gasteiger partial charge in [-0.2, -0.15) is 5.10 Å². The maximum absolute atomic E-state index is 5.64. The van der Waals surface area contributed by atoms with E-state index in [0.29, 0.717) is 6.54 Å². The van der Waals surface area contributed by atoms with Crippen molar-refractivity contribution in [3.05, 3.63) is 41.6 Å². The Balaban J connectivity index is 2.12. The molecule has 2 heterocycles. The number of aryl methyl sites for hydroxylation is 1. The predicted molar refractivity (Wildman–Crippen MR) is 57.5 cm³/mol. The van der Waals surface area contributed by atoms with Crippen molar-refractivity contribution in [3.8, 4) is 0 Å². The Bertz CT molecular complexity index is 417. The van der Waals surface area contributed by atoms with E-state index in [2.05, 4.69) is 16.5 Å². The van der Waals surface area contributed by atoms with Crippen molar-refractivity contribution in [2.45, 2.75) is 20.0 Å². The Morgan fingerprint density at radius 2 is 2.40 bits per heavy atom. The molecule has 80 valence electrons. The molecule has 0 saturated carbocycles. The lowest BCUT2D eigenvalue weighted by Gasteiger charge is -1.95. The summed E-state index contributed by atoms with van der Waals surface area (Å²) in [6, 6.07) is 3.98. The van der Waals surface area contributed by atoms with E-state index in [9.17, 15) is 0 Å². The maximum Gasteiger partial charge on any atom is 0.125 e. The summed E-state index contributed by atoms with van der Waals surface area (Å²) in [6.45, 7) is 3.52. The molecule has 0 fully saturated rings. The molecule has 1 N–H and O–H groups in total. The number of aromatic nitrogens is 2. The minimum absolute atomic E-state index is 0.692. The maximum atomic E-state index is 5.64. The van der Waals surface area contributed by atoms with Gasteiger partial charge in [-0.1, -0.05) is 0 Å². The van der Waals surface area contributed by atoms with Crippen molar-refractivity contribution < 1.29 is 4.42 Å². The zero-order valence-corrected chi connectivity index (χ0v) is 9.03. The van der Waals surface area contributed by atoms with Crippen LogP contribution in [-0.4, -0.2) is 16.8 Å². The van der Waals surface area contributed by atoms with E-state index in [1.165, 1.54) is 5.56 Å². The summed E-state index contributed by atoms with van der Waals surface area (Å²) in [5, 5.41) is 7.25. The monoisotopic (exact) mass is 205 g/mol. The highest BCUT2D eigenvalue weighted by Gasteiger charge is 2.06. The second kappa shape index (κ2) is 4.31. The number of nitrogens with one attached hydrogen (secondary N) is 1. The van der Waals surface area contributed by atoms with Gasteiger partial charge in [-0.05, 0) is 26.1 Å². The van der Waals surface area contributed by atoms with E-state index in [1.807, 2.05) is 30.9 Å². The molecule has 0 aliphatic rings. The summed E-state index contributed by atoms with van der Waals surface area (Å²) in [7, 11) is 1.93. The van der Waals surface area contributed by atoms with Crippen LogP contribution in [0.25, 0.3) is 0 Å². The lowest BCUT2D eigenvalue weighted by Crippen LogP contribution is -2.04. The molecule has 15 heavy (non-hydrogen) atoms. The molecule has 0 spiro atoms. The molecule has 0 aliphatic carbocycles. The van der Waals surface area contributed by atoms with Gasteiger partial charge in [0.1, 0.15) is 11.5 Å². The van der Waals surface area contributed by atoms with Crippen molar-refractivity contribution in [1.82, 2.24) is 15.1 Å². The molecule has 0 atom stereocenters. The van der Waals surface area contributed by atoms with E-state index in [-0.39, 0.29) is 0 Å². The summed E-state index contributed by atoms with van der Waals surface area (Å²) in [6.07, 6.45) is 3.69. The average Bonchev–Trinajstić information content (AvgIpc) is 2.79. The van der Waals surface area contributed by atoms with E-state index in [4.69, 9.17) is 4.42 Å². The number of furan rings is 1. The third kappa shape index (κ3) is 2.27. The topological polar surface area (TPSA) is 43.0 Å². The molecule has 0 aromatic carbocycles. The summed E-state index contributed by atoms with van der Waals surface area (Å²) in [4.78, 5) is 0. The molecule has 4 heteroatoms. The van der Waals surface area contributed by atoms with E-state index < -0.39 is 0 Å². The Hall–Kier alpha value is -1.55. The quantitative estimate of drug-likeness (QED) is 0.823. The molecule has 0 saturated heterocycles. The van der Waals surface area contributed by atoms with Gasteiger partial charge >= 0.3 is 0 Å². The lowest BCUT2D eigenvalue weighted by atomic mass is 10.2. The molecular weight excluding hydrogens is 190 g/mol. The van der Waals surface area contributed by atoms with Gasteiger partial charge in [-0.25, -0.2) is 0 Å². The third-order valence-corrected chi connectivity index (χ3v) is 2.32. The molecule has 0 radical (unpaired) electrons. The van der Waals surface area contributed by atoms with Crippen LogP contribution in [-0.2, 0) is 13.1 Å². The molecule has 4 nitrogen and oxygen atoms in total. The Kier molecular flexibility index (Phi) is 2.87. The third-order valence-electron chi connectivity index (χ3n) is 2.32. The minimum atomic E-state index is 0.692. The second-order valence-corrected chi connectivity index (χ2v) is 3.53. The van der Waals surface area contributed by atoms with Crippen molar-refractivity contribution >= 4 is 0 Å². The molecule has 0 bridgehead atoms. The highest BCUT2D eigenvalue weighted by molar-refractivity contribution is 5.20. The second-order valence-electron chi connectivity index (χ2n) is 3.53. The summed E-state index contributed by atoms with van der Waals surface area (Å²) >= 11 is 0. The van der Waals surface area contributed by atoms with Crippen LogP contribution in [0, 0.1) is 6.92 Å². The van der Waals surface area contributed by atoms with Gasteiger partial charge in [-0.3, -0.25) is 4.68 Å². The molecule has 2 rings (SSSR count). The van der Waals surface area contributed by atoms with Gasteiger partial charge in [0, 0.05) is 24.5 Å². The smallest absolute Gasteiger partial charge is 0.125 e. The number of hydrogen-bond donors (Lipinski definition) is 1. The first-order valence-electron chi connectivity index (χ1n) is 5.00. The first-order chi connectivity index (χ1) is 7.29. The Morgan fingerprint density at radius 1 is 1.53 bits per heavy atom. The van der Waals surface area contributed by atoms with E-state index in [1.54, 1.807) is 6.20 Å². The highest BCUT2D eigenvalue weighted by atomic mass is 16.3. The predicted octanol–water partition coefficient (Wildman–Crippen LogP) is 1.55. The SMILES string of the molecule is CNCc1cc(Cn2cccn2)oc1C. The largest absolute Gasteiger partial charge is 0.464 e. The van der Waals surface area contributed by atoms with Crippen LogP contribution in [0.5, 0.6) is 0 Å².